The molecule has 0 aliphatic heterocycles. The first-order chi connectivity index (χ1) is 4.94. The fraction of sp³-hybridized carbons (Fsp3) is 0.500. The predicted molar refractivity (Wildman–Crippen MR) is 27.9 cm³/mol. The number of rotatable bonds is 0. The molecular formula is C2H3F3O6S. The molecule has 0 radical (unpaired) electrons. The molecule has 0 aliphatic rings. The average Bonchev–Trinajstić information content (AvgIpc) is 1.55. The van der Waals surface area contributed by atoms with E-state index in [0.29, 0.717) is 0 Å². The highest BCUT2D eigenvalue weighted by atomic mass is 32.3. The smallest absolute Gasteiger partial charge is 0.475 e. The molecule has 0 aromatic carbocycles. The van der Waals surface area contributed by atoms with Crippen LogP contribution in [0.15, 0.2) is 0 Å². The van der Waals surface area contributed by atoms with E-state index in [1.807, 2.05) is 0 Å². The second kappa shape index (κ2) is 4.23. The van der Waals surface area contributed by atoms with Crippen molar-refractivity contribution in [2.75, 3.05) is 0 Å². The van der Waals surface area contributed by atoms with Gasteiger partial charge in [0.05, 0.1) is 0 Å². The Hall–Kier alpha value is -0.870. The summed E-state index contributed by atoms with van der Waals surface area (Å²) in [5, 5.41) is 7.12. The van der Waals surface area contributed by atoms with Gasteiger partial charge in [-0.2, -0.15) is 21.6 Å². The lowest BCUT2D eigenvalue weighted by Gasteiger charge is -1.93. The van der Waals surface area contributed by atoms with Gasteiger partial charge in [-0.25, -0.2) is 4.79 Å². The third-order valence-electron chi connectivity index (χ3n) is 0.243. The number of carbonyl (C=O) groups is 1. The maximum absolute atomic E-state index is 10.6. The number of halogens is 3. The van der Waals surface area contributed by atoms with E-state index < -0.39 is 22.5 Å². The summed E-state index contributed by atoms with van der Waals surface area (Å²) < 4.78 is 63.3. The lowest BCUT2D eigenvalue weighted by molar-refractivity contribution is -0.192. The summed E-state index contributed by atoms with van der Waals surface area (Å²) in [5.41, 5.74) is 0. The third-order valence-corrected chi connectivity index (χ3v) is 0.243. The quantitative estimate of drug-likeness (QED) is 0.486. The van der Waals surface area contributed by atoms with E-state index in [9.17, 15) is 13.2 Å². The number of hydrogen-bond donors (Lipinski definition) is 3. The molecule has 12 heavy (non-hydrogen) atoms. The van der Waals surface area contributed by atoms with Crippen molar-refractivity contribution >= 4 is 16.4 Å². The van der Waals surface area contributed by atoms with E-state index >= 15 is 0 Å². The highest BCUT2D eigenvalue weighted by molar-refractivity contribution is 7.79. The van der Waals surface area contributed by atoms with E-state index in [4.69, 9.17) is 27.4 Å². The molecule has 10 heteroatoms. The Morgan fingerprint density at radius 3 is 1.25 bits per heavy atom. The van der Waals surface area contributed by atoms with E-state index in [1.165, 1.54) is 0 Å². The highest BCUT2D eigenvalue weighted by Crippen LogP contribution is 2.13. The summed E-state index contributed by atoms with van der Waals surface area (Å²) in [6.45, 7) is 0. The topological polar surface area (TPSA) is 112 Å². The van der Waals surface area contributed by atoms with Gasteiger partial charge < -0.3 is 5.11 Å². The van der Waals surface area contributed by atoms with Crippen molar-refractivity contribution in [1.29, 1.82) is 0 Å². The van der Waals surface area contributed by atoms with Crippen molar-refractivity contribution in [1.82, 2.24) is 0 Å². The van der Waals surface area contributed by atoms with Gasteiger partial charge in [-0.15, -0.1) is 0 Å². The van der Waals surface area contributed by atoms with Gasteiger partial charge in [0.2, 0.25) is 0 Å². The van der Waals surface area contributed by atoms with Crippen LogP contribution < -0.4 is 0 Å². The van der Waals surface area contributed by atoms with Crippen LogP contribution in [-0.4, -0.2) is 34.8 Å². The number of carboxylic acids is 1. The Balaban J connectivity index is 0. The van der Waals surface area contributed by atoms with Crippen molar-refractivity contribution < 1.29 is 40.6 Å². The van der Waals surface area contributed by atoms with E-state index in [1.54, 1.807) is 0 Å². The normalized spacial score (nSPS) is 11.4. The van der Waals surface area contributed by atoms with Crippen LogP contribution in [0.3, 0.4) is 0 Å². The SMILES string of the molecule is O=C(O)C(F)(F)F.O=S(=O)(O)O. The first-order valence-corrected chi connectivity index (χ1v) is 3.34. The highest BCUT2D eigenvalue weighted by Gasteiger charge is 2.38. The van der Waals surface area contributed by atoms with Gasteiger partial charge in [0.25, 0.3) is 0 Å². The molecule has 74 valence electrons. The van der Waals surface area contributed by atoms with Gasteiger partial charge in [-0.05, 0) is 0 Å². The molecule has 3 N–H and O–H groups in total. The Morgan fingerprint density at radius 1 is 1.17 bits per heavy atom. The first kappa shape index (κ1) is 13.7. The van der Waals surface area contributed by atoms with Crippen LogP contribution in [-0.2, 0) is 15.2 Å². The van der Waals surface area contributed by atoms with Gasteiger partial charge in [0, 0.05) is 0 Å². The Labute approximate surface area is 64.2 Å². The molecule has 0 aliphatic carbocycles. The fourth-order valence-electron chi connectivity index (χ4n) is 0. The standard InChI is InChI=1S/C2HF3O2.H2O4S/c3-2(4,5)1(6)7;1-5(2,3)4/h(H,6,7);(H2,1,2,3,4). The van der Waals surface area contributed by atoms with Crippen molar-refractivity contribution in [2.45, 2.75) is 6.18 Å². The van der Waals surface area contributed by atoms with E-state index in [0.717, 1.165) is 0 Å². The second-order valence-corrected chi connectivity index (χ2v) is 2.15. The van der Waals surface area contributed by atoms with E-state index in [2.05, 4.69) is 0 Å². The van der Waals surface area contributed by atoms with Crippen molar-refractivity contribution in [3.8, 4) is 0 Å². The third kappa shape index (κ3) is 22.9. The minimum Gasteiger partial charge on any atom is -0.475 e. The lowest BCUT2D eigenvalue weighted by Crippen LogP contribution is -2.21. The monoisotopic (exact) mass is 212 g/mol. The number of carboxylic acid groups (broad SMARTS) is 1. The van der Waals surface area contributed by atoms with Crippen molar-refractivity contribution in [2.24, 2.45) is 0 Å². The van der Waals surface area contributed by atoms with Gasteiger partial charge in [0.15, 0.2) is 0 Å². The second-order valence-electron chi connectivity index (χ2n) is 1.25. The summed E-state index contributed by atoms with van der Waals surface area (Å²) in [6, 6.07) is 0. The number of aliphatic carboxylic acids is 1. The predicted octanol–water partition coefficient (Wildman–Crippen LogP) is -0.0195. The summed E-state index contributed by atoms with van der Waals surface area (Å²) in [4.78, 5) is 8.90. The van der Waals surface area contributed by atoms with Gasteiger partial charge in [-0.1, -0.05) is 0 Å². The zero-order chi connectivity index (χ0) is 10.6. The summed E-state index contributed by atoms with van der Waals surface area (Å²) in [6.07, 6.45) is -5.08. The van der Waals surface area contributed by atoms with Crippen LogP contribution in [0.2, 0.25) is 0 Å². The molecule has 0 atom stereocenters. The molecule has 0 rings (SSSR count). The lowest BCUT2D eigenvalue weighted by atomic mass is 10.7. The van der Waals surface area contributed by atoms with E-state index in [-0.39, 0.29) is 0 Å². The largest absolute Gasteiger partial charge is 0.490 e. The molecule has 0 spiro atoms. The Kier molecular flexibility index (Phi) is 4.83. The van der Waals surface area contributed by atoms with Crippen LogP contribution in [0.25, 0.3) is 0 Å². The Bertz CT molecular complexity index is 230. The zero-order valence-corrected chi connectivity index (χ0v) is 5.93. The fourth-order valence-corrected chi connectivity index (χ4v) is 0. The van der Waals surface area contributed by atoms with Gasteiger partial charge >= 0.3 is 22.5 Å². The molecule has 0 heterocycles. The molecule has 0 unspecified atom stereocenters. The molecule has 0 bridgehead atoms. The van der Waals surface area contributed by atoms with Crippen LogP contribution in [0, 0.1) is 0 Å². The molecule has 0 amide bonds. The summed E-state index contributed by atoms with van der Waals surface area (Å²) in [5.74, 6) is -2.76. The zero-order valence-electron chi connectivity index (χ0n) is 5.11. The summed E-state index contributed by atoms with van der Waals surface area (Å²) in [7, 11) is -4.67. The minimum absolute atomic E-state index is 2.76. The van der Waals surface area contributed by atoms with Crippen LogP contribution in [0.1, 0.15) is 0 Å². The molecule has 0 saturated carbocycles. The molecule has 0 aromatic rings. The number of alkyl halides is 3. The van der Waals surface area contributed by atoms with Crippen molar-refractivity contribution in [3.63, 3.8) is 0 Å². The molecular weight excluding hydrogens is 209 g/mol. The molecule has 6 nitrogen and oxygen atoms in total. The Morgan fingerprint density at radius 2 is 1.25 bits per heavy atom. The molecule has 0 aromatic heterocycles. The maximum Gasteiger partial charge on any atom is 0.490 e. The van der Waals surface area contributed by atoms with Crippen LogP contribution in [0.5, 0.6) is 0 Å². The van der Waals surface area contributed by atoms with Crippen LogP contribution >= 0.6 is 0 Å². The number of hydrogen-bond acceptors (Lipinski definition) is 3. The van der Waals surface area contributed by atoms with Crippen molar-refractivity contribution in [3.05, 3.63) is 0 Å². The first-order valence-electron chi connectivity index (χ1n) is 1.94. The maximum atomic E-state index is 10.6. The van der Waals surface area contributed by atoms with Crippen LogP contribution in [0.4, 0.5) is 13.2 Å². The molecule has 0 fully saturated rings. The molecule has 0 saturated heterocycles. The minimum atomic E-state index is -5.08. The summed E-state index contributed by atoms with van der Waals surface area (Å²) >= 11 is 0. The van der Waals surface area contributed by atoms with Gasteiger partial charge in [-0.3, -0.25) is 9.11 Å². The average molecular weight is 212 g/mol. The van der Waals surface area contributed by atoms with Gasteiger partial charge in [0.1, 0.15) is 0 Å².